The van der Waals surface area contributed by atoms with Gasteiger partial charge in [-0.05, 0) is 24.1 Å². The first-order valence-corrected chi connectivity index (χ1v) is 8.05. The van der Waals surface area contributed by atoms with Crippen LogP contribution < -0.4 is 4.90 Å². The van der Waals surface area contributed by atoms with Crippen LogP contribution in [0.5, 0.6) is 0 Å². The number of benzene rings is 2. The molecule has 0 unspecified atom stereocenters. The van der Waals surface area contributed by atoms with Gasteiger partial charge in [0.05, 0.1) is 0 Å². The quantitative estimate of drug-likeness (QED) is 0.872. The van der Waals surface area contributed by atoms with Crippen LogP contribution in [0.15, 0.2) is 60.7 Å². The predicted octanol–water partition coefficient (Wildman–Crippen LogP) is 3.06. The minimum Gasteiger partial charge on any atom is -0.445 e. The highest BCUT2D eigenvalue weighted by atomic mass is 16.6. The first-order valence-electron chi connectivity index (χ1n) is 8.05. The van der Waals surface area contributed by atoms with Crippen molar-refractivity contribution in [3.63, 3.8) is 0 Å². The number of hydrogen-bond acceptors (Lipinski definition) is 3. The molecule has 0 atom stereocenters. The van der Waals surface area contributed by atoms with Crippen molar-refractivity contribution in [2.24, 2.45) is 0 Å². The molecule has 0 aliphatic carbocycles. The van der Waals surface area contributed by atoms with Gasteiger partial charge in [-0.25, -0.2) is 4.79 Å². The van der Waals surface area contributed by atoms with Crippen molar-refractivity contribution in [3.8, 4) is 0 Å². The Labute approximate surface area is 141 Å². The number of para-hydroxylation sites is 1. The largest absolute Gasteiger partial charge is 0.445 e. The normalized spacial score (nSPS) is 15.1. The third-order valence-corrected chi connectivity index (χ3v) is 3.97. The van der Waals surface area contributed by atoms with E-state index in [1.165, 1.54) is 4.90 Å². The van der Waals surface area contributed by atoms with Crippen molar-refractivity contribution in [1.29, 1.82) is 0 Å². The van der Waals surface area contributed by atoms with E-state index in [2.05, 4.69) is 0 Å². The predicted molar refractivity (Wildman–Crippen MR) is 91.6 cm³/mol. The zero-order chi connectivity index (χ0) is 16.8. The van der Waals surface area contributed by atoms with Gasteiger partial charge in [0, 0.05) is 18.8 Å². The summed E-state index contributed by atoms with van der Waals surface area (Å²) in [6, 6.07) is 19.0. The number of ether oxygens (including phenoxy) is 1. The molecule has 5 nitrogen and oxygen atoms in total. The third-order valence-electron chi connectivity index (χ3n) is 3.97. The fourth-order valence-electron chi connectivity index (χ4n) is 2.72. The van der Waals surface area contributed by atoms with Crippen molar-refractivity contribution >= 4 is 17.7 Å². The molecule has 2 aromatic carbocycles. The summed E-state index contributed by atoms with van der Waals surface area (Å²) in [7, 11) is 0. The highest BCUT2D eigenvalue weighted by Gasteiger charge is 2.26. The number of carbonyl (C=O) groups excluding carboxylic acids is 2. The van der Waals surface area contributed by atoms with Crippen LogP contribution in [0, 0.1) is 0 Å². The Morgan fingerprint density at radius 3 is 2.33 bits per heavy atom. The van der Waals surface area contributed by atoms with Gasteiger partial charge in [-0.1, -0.05) is 48.5 Å². The standard InChI is InChI=1S/C19H20N2O3/c22-18-14-20(19(23)24-15-16-8-3-1-4-9-16)12-7-13-21(18)17-10-5-2-6-11-17/h1-6,8-11H,7,12-15H2. The van der Waals surface area contributed by atoms with E-state index in [0.717, 1.165) is 17.7 Å². The second kappa shape index (κ2) is 7.64. The molecule has 2 amide bonds. The van der Waals surface area contributed by atoms with Crippen LogP contribution in [-0.2, 0) is 16.1 Å². The summed E-state index contributed by atoms with van der Waals surface area (Å²) in [4.78, 5) is 27.9. The fraction of sp³-hybridized carbons (Fsp3) is 0.263. The smallest absolute Gasteiger partial charge is 0.410 e. The minimum atomic E-state index is -0.442. The van der Waals surface area contributed by atoms with Crippen LogP contribution in [0.1, 0.15) is 12.0 Å². The van der Waals surface area contributed by atoms with Gasteiger partial charge in [0.15, 0.2) is 0 Å². The molecule has 1 aliphatic rings. The topological polar surface area (TPSA) is 49.9 Å². The Morgan fingerprint density at radius 1 is 0.958 bits per heavy atom. The molecule has 0 radical (unpaired) electrons. The molecule has 0 bridgehead atoms. The average molecular weight is 324 g/mol. The van der Waals surface area contributed by atoms with E-state index in [9.17, 15) is 9.59 Å². The van der Waals surface area contributed by atoms with Crippen LogP contribution in [0.25, 0.3) is 0 Å². The molecule has 3 rings (SSSR count). The van der Waals surface area contributed by atoms with Gasteiger partial charge in [0.1, 0.15) is 13.2 Å². The lowest BCUT2D eigenvalue weighted by Gasteiger charge is -2.21. The second-order valence-corrected chi connectivity index (χ2v) is 5.70. The molecule has 0 N–H and O–H groups in total. The molecule has 0 spiro atoms. The van der Waals surface area contributed by atoms with E-state index in [4.69, 9.17) is 4.74 Å². The lowest BCUT2D eigenvalue weighted by Crippen LogP contribution is -2.39. The van der Waals surface area contributed by atoms with Crippen molar-refractivity contribution in [2.45, 2.75) is 13.0 Å². The molecule has 1 saturated heterocycles. The Balaban J connectivity index is 1.59. The number of carbonyl (C=O) groups is 2. The minimum absolute atomic E-state index is 0.0442. The van der Waals surface area contributed by atoms with E-state index in [1.54, 1.807) is 4.90 Å². The summed E-state index contributed by atoms with van der Waals surface area (Å²) >= 11 is 0. The molecule has 1 fully saturated rings. The number of rotatable bonds is 3. The maximum Gasteiger partial charge on any atom is 0.410 e. The van der Waals surface area contributed by atoms with Crippen LogP contribution in [-0.4, -0.2) is 36.5 Å². The molecular weight excluding hydrogens is 304 g/mol. The molecule has 24 heavy (non-hydrogen) atoms. The van der Waals surface area contributed by atoms with Crippen molar-refractivity contribution < 1.29 is 14.3 Å². The molecule has 5 heteroatoms. The van der Waals surface area contributed by atoms with Crippen LogP contribution >= 0.6 is 0 Å². The molecule has 1 aliphatic heterocycles. The van der Waals surface area contributed by atoms with E-state index >= 15 is 0 Å². The highest BCUT2D eigenvalue weighted by Crippen LogP contribution is 2.17. The Kier molecular flexibility index (Phi) is 5.11. The maximum atomic E-state index is 12.5. The second-order valence-electron chi connectivity index (χ2n) is 5.70. The fourth-order valence-corrected chi connectivity index (χ4v) is 2.72. The maximum absolute atomic E-state index is 12.5. The number of amides is 2. The van der Waals surface area contributed by atoms with Gasteiger partial charge in [0.25, 0.3) is 0 Å². The summed E-state index contributed by atoms with van der Waals surface area (Å²) in [6.45, 7) is 1.38. The number of nitrogens with zero attached hydrogens (tertiary/aromatic N) is 2. The summed E-state index contributed by atoms with van der Waals surface area (Å²) < 4.78 is 5.33. The van der Waals surface area contributed by atoms with Crippen LogP contribution in [0.3, 0.4) is 0 Å². The number of anilines is 1. The molecule has 1 heterocycles. The van der Waals surface area contributed by atoms with Crippen molar-refractivity contribution in [1.82, 2.24) is 4.90 Å². The summed E-state index contributed by atoms with van der Waals surface area (Å²) in [5.41, 5.74) is 1.79. The van der Waals surface area contributed by atoms with E-state index < -0.39 is 6.09 Å². The molecule has 0 aromatic heterocycles. The molecule has 0 saturated carbocycles. The van der Waals surface area contributed by atoms with Gasteiger partial charge < -0.3 is 9.64 Å². The first kappa shape index (κ1) is 16.1. The van der Waals surface area contributed by atoms with E-state index in [1.807, 2.05) is 60.7 Å². The van der Waals surface area contributed by atoms with Gasteiger partial charge in [-0.3, -0.25) is 9.69 Å². The van der Waals surface area contributed by atoms with Gasteiger partial charge in [0.2, 0.25) is 5.91 Å². The molecular formula is C19H20N2O3. The van der Waals surface area contributed by atoms with Gasteiger partial charge in [-0.2, -0.15) is 0 Å². The Bertz CT molecular complexity index is 688. The van der Waals surface area contributed by atoms with Crippen molar-refractivity contribution in [2.75, 3.05) is 24.5 Å². The average Bonchev–Trinajstić information content (AvgIpc) is 2.83. The number of hydrogen-bond donors (Lipinski definition) is 0. The van der Waals surface area contributed by atoms with E-state index in [0.29, 0.717) is 13.1 Å². The third kappa shape index (κ3) is 3.93. The lowest BCUT2D eigenvalue weighted by molar-refractivity contribution is -0.119. The molecule has 2 aromatic rings. The molecule has 124 valence electrons. The monoisotopic (exact) mass is 324 g/mol. The van der Waals surface area contributed by atoms with Gasteiger partial charge >= 0.3 is 6.09 Å². The Hall–Kier alpha value is -2.82. The summed E-state index contributed by atoms with van der Waals surface area (Å²) in [6.07, 6.45) is 0.281. The Morgan fingerprint density at radius 2 is 1.62 bits per heavy atom. The summed E-state index contributed by atoms with van der Waals surface area (Å²) in [5.74, 6) is -0.0876. The van der Waals surface area contributed by atoms with Crippen LogP contribution in [0.4, 0.5) is 10.5 Å². The van der Waals surface area contributed by atoms with Crippen LogP contribution in [0.2, 0.25) is 0 Å². The van der Waals surface area contributed by atoms with Crippen molar-refractivity contribution in [3.05, 3.63) is 66.2 Å². The zero-order valence-corrected chi connectivity index (χ0v) is 13.4. The zero-order valence-electron chi connectivity index (χ0n) is 13.4. The van der Waals surface area contributed by atoms with Gasteiger partial charge in [-0.15, -0.1) is 0 Å². The lowest BCUT2D eigenvalue weighted by atomic mass is 10.2. The SMILES string of the molecule is O=C(OCc1ccccc1)N1CCCN(c2ccccc2)C(=O)C1. The van der Waals surface area contributed by atoms with E-state index in [-0.39, 0.29) is 19.1 Å². The first-order chi connectivity index (χ1) is 11.7. The highest BCUT2D eigenvalue weighted by molar-refractivity contribution is 5.96. The summed E-state index contributed by atoms with van der Waals surface area (Å²) in [5, 5.41) is 0.